The molecule has 136 valence electrons. The van der Waals surface area contributed by atoms with Crippen molar-refractivity contribution in [3.05, 3.63) is 59.3 Å². The number of hydrogen-bond donors (Lipinski definition) is 1. The molecule has 0 bridgehead atoms. The number of rotatable bonds is 6. The van der Waals surface area contributed by atoms with Gasteiger partial charge in [-0.25, -0.2) is 0 Å². The quantitative estimate of drug-likeness (QED) is 0.407. The van der Waals surface area contributed by atoms with Gasteiger partial charge in [-0.1, -0.05) is 0 Å². The van der Waals surface area contributed by atoms with Crippen LogP contribution in [0, 0.1) is 11.3 Å². The highest BCUT2D eigenvalue weighted by Gasteiger charge is 2.17. The van der Waals surface area contributed by atoms with Crippen LogP contribution in [0.2, 0.25) is 0 Å². The van der Waals surface area contributed by atoms with E-state index in [2.05, 4.69) is 4.98 Å². The lowest BCUT2D eigenvalue weighted by molar-refractivity contribution is 0.104. The molecule has 0 spiro atoms. The minimum absolute atomic E-state index is 0.00836. The lowest BCUT2D eigenvalue weighted by Gasteiger charge is -2.06. The van der Waals surface area contributed by atoms with Crippen molar-refractivity contribution in [2.24, 2.45) is 0 Å². The van der Waals surface area contributed by atoms with Crippen LogP contribution in [0.5, 0.6) is 17.2 Å². The number of ketones is 1. The Hall–Kier alpha value is -3.72. The molecule has 0 atom stereocenters. The lowest BCUT2D eigenvalue weighted by Crippen LogP contribution is -2.01. The lowest BCUT2D eigenvalue weighted by atomic mass is 10.0. The van der Waals surface area contributed by atoms with Crippen LogP contribution in [0.1, 0.15) is 15.9 Å². The summed E-state index contributed by atoms with van der Waals surface area (Å²) in [6.07, 6.45) is 3.12. The Morgan fingerprint density at radius 3 is 2.26 bits per heavy atom. The van der Waals surface area contributed by atoms with E-state index in [-0.39, 0.29) is 11.4 Å². The number of fused-ring (bicyclic) bond motifs is 1. The molecule has 6 heteroatoms. The third-order valence-electron chi connectivity index (χ3n) is 4.18. The summed E-state index contributed by atoms with van der Waals surface area (Å²) in [7, 11) is 4.64. The van der Waals surface area contributed by atoms with E-state index in [0.717, 1.165) is 5.52 Å². The Labute approximate surface area is 156 Å². The first-order valence-electron chi connectivity index (χ1n) is 8.14. The number of nitrogens with one attached hydrogen (secondary N) is 1. The fraction of sp³-hybridized carbons (Fsp3) is 0.143. The monoisotopic (exact) mass is 362 g/mol. The molecule has 0 saturated heterocycles. The van der Waals surface area contributed by atoms with Crippen LogP contribution in [-0.4, -0.2) is 32.1 Å². The number of ether oxygens (including phenoxy) is 3. The Kier molecular flexibility index (Phi) is 5.13. The zero-order valence-electron chi connectivity index (χ0n) is 15.2. The van der Waals surface area contributed by atoms with Crippen molar-refractivity contribution in [3.63, 3.8) is 0 Å². The van der Waals surface area contributed by atoms with Gasteiger partial charge in [-0.2, -0.15) is 5.26 Å². The molecule has 3 aromatic rings. The Morgan fingerprint density at radius 1 is 1.00 bits per heavy atom. The van der Waals surface area contributed by atoms with Crippen molar-refractivity contribution in [1.29, 1.82) is 5.26 Å². The largest absolute Gasteiger partial charge is 0.497 e. The number of benzene rings is 2. The van der Waals surface area contributed by atoms with Crippen molar-refractivity contribution in [2.45, 2.75) is 0 Å². The maximum Gasteiger partial charge on any atom is 0.205 e. The predicted octanol–water partition coefficient (Wildman–Crippen LogP) is 3.98. The number of nitriles is 1. The zero-order chi connectivity index (χ0) is 19.4. The number of carbonyl (C=O) groups is 1. The number of aromatic amines is 1. The van der Waals surface area contributed by atoms with Crippen LogP contribution in [-0.2, 0) is 0 Å². The molecule has 1 aromatic heterocycles. The standard InChI is InChI=1S/C21H18N2O4/c1-25-15-4-5-20-18(10-15)19(12-23-20)21(24)14(11-22)6-13-7-16(26-2)9-17(8-13)27-3/h4-10,12,23H,1-3H3/b14-6+. The highest BCUT2D eigenvalue weighted by Crippen LogP contribution is 2.27. The van der Waals surface area contributed by atoms with Gasteiger partial charge in [0.15, 0.2) is 0 Å². The minimum Gasteiger partial charge on any atom is -0.497 e. The normalized spacial score (nSPS) is 11.1. The summed E-state index contributed by atoms with van der Waals surface area (Å²) in [5.74, 6) is 1.40. The van der Waals surface area contributed by atoms with Gasteiger partial charge in [0, 0.05) is 28.7 Å². The summed E-state index contributed by atoms with van der Waals surface area (Å²) in [5, 5.41) is 10.2. The summed E-state index contributed by atoms with van der Waals surface area (Å²) in [6.45, 7) is 0. The summed E-state index contributed by atoms with van der Waals surface area (Å²) in [6, 6.07) is 12.6. The van der Waals surface area contributed by atoms with Gasteiger partial charge in [-0.3, -0.25) is 4.79 Å². The van der Waals surface area contributed by atoms with Crippen molar-refractivity contribution in [2.75, 3.05) is 21.3 Å². The molecule has 1 heterocycles. The second kappa shape index (κ2) is 7.67. The third-order valence-corrected chi connectivity index (χ3v) is 4.18. The van der Waals surface area contributed by atoms with E-state index >= 15 is 0 Å². The number of carbonyl (C=O) groups excluding carboxylic acids is 1. The molecule has 0 fully saturated rings. The van der Waals surface area contributed by atoms with Crippen LogP contribution in [0.25, 0.3) is 17.0 Å². The van der Waals surface area contributed by atoms with Gasteiger partial charge in [-0.05, 0) is 42.0 Å². The van der Waals surface area contributed by atoms with Crippen LogP contribution in [0.15, 0.2) is 48.2 Å². The van der Waals surface area contributed by atoms with E-state index in [1.165, 1.54) is 20.3 Å². The second-order valence-corrected chi connectivity index (χ2v) is 5.76. The minimum atomic E-state index is -0.376. The Balaban J connectivity index is 2.05. The topological polar surface area (TPSA) is 84.3 Å². The molecular weight excluding hydrogens is 344 g/mol. The molecule has 0 saturated carbocycles. The molecule has 6 nitrogen and oxygen atoms in total. The number of aromatic nitrogens is 1. The molecular formula is C21H18N2O4. The third kappa shape index (κ3) is 3.62. The van der Waals surface area contributed by atoms with Gasteiger partial charge >= 0.3 is 0 Å². The van der Waals surface area contributed by atoms with E-state index < -0.39 is 0 Å². The highest BCUT2D eigenvalue weighted by atomic mass is 16.5. The maximum absolute atomic E-state index is 12.9. The van der Waals surface area contributed by atoms with Gasteiger partial charge in [0.05, 0.1) is 21.3 Å². The number of allylic oxidation sites excluding steroid dienone is 1. The number of nitrogens with zero attached hydrogens (tertiary/aromatic N) is 1. The average Bonchev–Trinajstić information content (AvgIpc) is 3.14. The van der Waals surface area contributed by atoms with E-state index in [9.17, 15) is 10.1 Å². The van der Waals surface area contributed by atoms with Crippen LogP contribution in [0.3, 0.4) is 0 Å². The fourth-order valence-electron chi connectivity index (χ4n) is 2.79. The van der Waals surface area contributed by atoms with E-state index in [4.69, 9.17) is 14.2 Å². The number of methoxy groups -OCH3 is 3. The Morgan fingerprint density at radius 2 is 1.67 bits per heavy atom. The van der Waals surface area contributed by atoms with Crippen molar-refractivity contribution in [3.8, 4) is 23.3 Å². The zero-order valence-corrected chi connectivity index (χ0v) is 15.2. The molecule has 0 amide bonds. The van der Waals surface area contributed by atoms with Gasteiger partial charge < -0.3 is 19.2 Å². The van der Waals surface area contributed by atoms with Crippen molar-refractivity contribution < 1.29 is 19.0 Å². The maximum atomic E-state index is 12.9. The van der Waals surface area contributed by atoms with E-state index in [0.29, 0.717) is 33.8 Å². The highest BCUT2D eigenvalue weighted by molar-refractivity contribution is 6.20. The Bertz CT molecular complexity index is 1050. The second-order valence-electron chi connectivity index (χ2n) is 5.76. The number of H-pyrrole nitrogens is 1. The molecule has 1 N–H and O–H groups in total. The predicted molar refractivity (Wildman–Crippen MR) is 102 cm³/mol. The summed E-state index contributed by atoms with van der Waals surface area (Å²) < 4.78 is 15.7. The van der Waals surface area contributed by atoms with Crippen LogP contribution >= 0.6 is 0 Å². The molecule has 0 aliphatic heterocycles. The first kappa shape index (κ1) is 18.1. The van der Waals surface area contributed by atoms with Gasteiger partial charge in [0.25, 0.3) is 0 Å². The van der Waals surface area contributed by atoms with Crippen molar-refractivity contribution >= 4 is 22.8 Å². The summed E-state index contributed by atoms with van der Waals surface area (Å²) in [4.78, 5) is 16.0. The summed E-state index contributed by atoms with van der Waals surface area (Å²) >= 11 is 0. The molecule has 0 aliphatic carbocycles. The summed E-state index contributed by atoms with van der Waals surface area (Å²) in [5.41, 5.74) is 1.84. The smallest absolute Gasteiger partial charge is 0.205 e. The number of hydrogen-bond acceptors (Lipinski definition) is 5. The molecule has 0 aliphatic rings. The first-order chi connectivity index (χ1) is 13.1. The van der Waals surface area contributed by atoms with E-state index in [1.54, 1.807) is 43.6 Å². The molecule has 0 unspecified atom stereocenters. The molecule has 27 heavy (non-hydrogen) atoms. The van der Waals surface area contributed by atoms with Gasteiger partial charge in [0.2, 0.25) is 5.78 Å². The van der Waals surface area contributed by atoms with Gasteiger partial charge in [-0.15, -0.1) is 0 Å². The SMILES string of the molecule is COc1cc(/C=C(\C#N)C(=O)c2c[nH]c3ccc(OC)cc23)cc(OC)c1. The van der Waals surface area contributed by atoms with Crippen LogP contribution < -0.4 is 14.2 Å². The van der Waals surface area contributed by atoms with Crippen molar-refractivity contribution in [1.82, 2.24) is 4.98 Å². The first-order valence-corrected chi connectivity index (χ1v) is 8.14. The molecule has 3 rings (SSSR count). The van der Waals surface area contributed by atoms with Crippen LogP contribution in [0.4, 0.5) is 0 Å². The van der Waals surface area contributed by atoms with Gasteiger partial charge in [0.1, 0.15) is 28.9 Å². The number of Topliss-reactive ketones (excluding diaryl/α,β-unsaturated/α-hetero) is 1. The van der Waals surface area contributed by atoms with E-state index in [1.807, 2.05) is 12.1 Å². The molecule has 0 radical (unpaired) electrons. The average molecular weight is 362 g/mol. The fourth-order valence-corrected chi connectivity index (χ4v) is 2.79. The molecule has 2 aromatic carbocycles.